The number of anilines is 1. The number of carbonyl (C=O) groups excluding carboxylic acids is 2. The Hall–Kier alpha value is -2.69. The Morgan fingerprint density at radius 2 is 1.57 bits per heavy atom. The smallest absolute Gasteiger partial charge is 0.274 e. The number of nitrogens with one attached hydrogen (secondary N) is 2. The van der Waals surface area contributed by atoms with E-state index in [2.05, 4.69) is 15.6 Å². The van der Waals surface area contributed by atoms with Crippen LogP contribution in [-0.2, 0) is 0 Å². The normalized spacial score (nSPS) is 11.0. The summed E-state index contributed by atoms with van der Waals surface area (Å²) in [5.41, 5.74) is 1.80. The summed E-state index contributed by atoms with van der Waals surface area (Å²) in [5, 5.41) is 5.61. The van der Waals surface area contributed by atoms with Crippen LogP contribution in [0.3, 0.4) is 0 Å². The van der Waals surface area contributed by atoms with Crippen molar-refractivity contribution < 1.29 is 9.59 Å². The van der Waals surface area contributed by atoms with Gasteiger partial charge in [-0.2, -0.15) is 0 Å². The molecule has 5 heteroatoms. The molecule has 0 radical (unpaired) electrons. The van der Waals surface area contributed by atoms with E-state index in [1.165, 1.54) is 0 Å². The number of benzene rings is 1. The summed E-state index contributed by atoms with van der Waals surface area (Å²) in [7, 11) is 0. The first kappa shape index (κ1) is 16.7. The molecule has 1 aromatic carbocycles. The Balaban J connectivity index is 2.16. The summed E-state index contributed by atoms with van der Waals surface area (Å²) in [6, 6.07) is 12.3. The van der Waals surface area contributed by atoms with Gasteiger partial charge < -0.3 is 10.6 Å². The molecule has 0 aliphatic carbocycles. The fraction of sp³-hybridized carbons (Fsp3) is 0.278. The summed E-state index contributed by atoms with van der Waals surface area (Å²) < 4.78 is 0. The van der Waals surface area contributed by atoms with Gasteiger partial charge in [-0.3, -0.25) is 9.59 Å². The second-order valence-corrected chi connectivity index (χ2v) is 6.44. The van der Waals surface area contributed by atoms with Crippen molar-refractivity contribution in [3.8, 4) is 0 Å². The summed E-state index contributed by atoms with van der Waals surface area (Å²) in [6.45, 7) is 7.61. The zero-order valence-electron chi connectivity index (χ0n) is 13.8. The Kier molecular flexibility index (Phi) is 4.79. The number of rotatable bonds is 3. The van der Waals surface area contributed by atoms with E-state index in [1.807, 2.05) is 45.9 Å². The van der Waals surface area contributed by atoms with E-state index in [0.717, 1.165) is 5.56 Å². The van der Waals surface area contributed by atoms with Crippen molar-refractivity contribution in [1.29, 1.82) is 0 Å². The van der Waals surface area contributed by atoms with E-state index in [9.17, 15) is 9.59 Å². The average molecular weight is 311 g/mol. The van der Waals surface area contributed by atoms with Crippen LogP contribution in [0.25, 0.3) is 0 Å². The van der Waals surface area contributed by atoms with Gasteiger partial charge in [0, 0.05) is 11.2 Å². The minimum absolute atomic E-state index is 0.202. The molecule has 0 spiro atoms. The number of hydrogen-bond donors (Lipinski definition) is 2. The van der Waals surface area contributed by atoms with Gasteiger partial charge in [0.25, 0.3) is 11.8 Å². The number of amides is 2. The molecule has 0 saturated carbocycles. The first-order chi connectivity index (χ1) is 10.7. The SMILES string of the molecule is Cc1cccc(NC(=O)c2cccc(C(=O)NC(C)(C)C)n2)c1. The van der Waals surface area contributed by atoms with Crippen LogP contribution in [0.5, 0.6) is 0 Å². The molecule has 0 fully saturated rings. The number of pyridine rings is 1. The maximum Gasteiger partial charge on any atom is 0.274 e. The van der Waals surface area contributed by atoms with Crippen LogP contribution in [0.2, 0.25) is 0 Å². The Morgan fingerprint density at radius 3 is 2.17 bits per heavy atom. The highest BCUT2D eigenvalue weighted by Crippen LogP contribution is 2.11. The van der Waals surface area contributed by atoms with Crippen LogP contribution < -0.4 is 10.6 Å². The number of nitrogens with zero attached hydrogens (tertiary/aromatic N) is 1. The van der Waals surface area contributed by atoms with Crippen LogP contribution in [0.4, 0.5) is 5.69 Å². The minimum atomic E-state index is -0.363. The third kappa shape index (κ3) is 4.92. The standard InChI is InChI=1S/C18H21N3O2/c1-12-7-5-8-13(11-12)19-16(22)14-9-6-10-15(20-14)17(23)21-18(2,3)4/h5-11H,1-4H3,(H,19,22)(H,21,23). The Labute approximate surface area is 136 Å². The highest BCUT2D eigenvalue weighted by molar-refractivity contribution is 6.03. The van der Waals surface area contributed by atoms with Crippen molar-refractivity contribution in [2.45, 2.75) is 33.2 Å². The van der Waals surface area contributed by atoms with Crippen molar-refractivity contribution in [1.82, 2.24) is 10.3 Å². The lowest BCUT2D eigenvalue weighted by Crippen LogP contribution is -2.41. The van der Waals surface area contributed by atoms with Crippen molar-refractivity contribution in [3.05, 3.63) is 59.4 Å². The maximum atomic E-state index is 12.3. The summed E-state index contributed by atoms with van der Waals surface area (Å²) in [6.07, 6.45) is 0. The molecule has 120 valence electrons. The maximum absolute atomic E-state index is 12.3. The minimum Gasteiger partial charge on any atom is -0.346 e. The molecule has 0 saturated heterocycles. The fourth-order valence-corrected chi connectivity index (χ4v) is 2.01. The molecule has 0 aliphatic heterocycles. The predicted octanol–water partition coefficient (Wildman–Crippen LogP) is 3.17. The molecule has 1 heterocycles. The van der Waals surface area contributed by atoms with Gasteiger partial charge >= 0.3 is 0 Å². The topological polar surface area (TPSA) is 71.1 Å². The predicted molar refractivity (Wildman–Crippen MR) is 90.6 cm³/mol. The monoisotopic (exact) mass is 311 g/mol. The second-order valence-electron chi connectivity index (χ2n) is 6.44. The summed E-state index contributed by atoms with van der Waals surface area (Å²) in [5.74, 6) is -0.649. The van der Waals surface area contributed by atoms with Gasteiger partial charge in [0.05, 0.1) is 0 Å². The molecule has 2 N–H and O–H groups in total. The molecular formula is C18H21N3O2. The van der Waals surface area contributed by atoms with Crippen LogP contribution >= 0.6 is 0 Å². The van der Waals surface area contributed by atoms with Gasteiger partial charge in [0.15, 0.2) is 0 Å². The van der Waals surface area contributed by atoms with E-state index < -0.39 is 0 Å². The first-order valence-electron chi connectivity index (χ1n) is 7.42. The molecule has 0 aliphatic rings. The summed E-state index contributed by atoms with van der Waals surface area (Å²) >= 11 is 0. The van der Waals surface area contributed by atoms with E-state index in [-0.39, 0.29) is 28.7 Å². The van der Waals surface area contributed by atoms with Gasteiger partial charge in [-0.25, -0.2) is 4.98 Å². The summed E-state index contributed by atoms with van der Waals surface area (Å²) in [4.78, 5) is 28.6. The fourth-order valence-electron chi connectivity index (χ4n) is 2.01. The van der Waals surface area contributed by atoms with Gasteiger partial charge in [0.2, 0.25) is 0 Å². The van der Waals surface area contributed by atoms with Crippen molar-refractivity contribution in [3.63, 3.8) is 0 Å². The highest BCUT2D eigenvalue weighted by atomic mass is 16.2. The van der Waals surface area contributed by atoms with Gasteiger partial charge in [-0.05, 0) is 57.5 Å². The molecule has 1 aromatic heterocycles. The third-order valence-electron chi connectivity index (χ3n) is 2.98. The van der Waals surface area contributed by atoms with Gasteiger partial charge in [-0.1, -0.05) is 18.2 Å². The van der Waals surface area contributed by atoms with E-state index >= 15 is 0 Å². The highest BCUT2D eigenvalue weighted by Gasteiger charge is 2.17. The van der Waals surface area contributed by atoms with Crippen molar-refractivity contribution in [2.75, 3.05) is 5.32 Å². The number of carbonyl (C=O) groups is 2. The van der Waals surface area contributed by atoms with Crippen molar-refractivity contribution >= 4 is 17.5 Å². The molecule has 0 unspecified atom stereocenters. The Morgan fingerprint density at radius 1 is 0.957 bits per heavy atom. The zero-order valence-corrected chi connectivity index (χ0v) is 13.8. The molecule has 0 atom stereocenters. The van der Waals surface area contributed by atoms with E-state index in [1.54, 1.807) is 24.3 Å². The van der Waals surface area contributed by atoms with Gasteiger partial charge in [-0.15, -0.1) is 0 Å². The van der Waals surface area contributed by atoms with Crippen LogP contribution in [0, 0.1) is 6.92 Å². The molecule has 2 amide bonds. The lowest BCUT2D eigenvalue weighted by atomic mass is 10.1. The quantitative estimate of drug-likeness (QED) is 0.914. The molecule has 0 bridgehead atoms. The lowest BCUT2D eigenvalue weighted by Gasteiger charge is -2.20. The number of hydrogen-bond acceptors (Lipinski definition) is 3. The average Bonchev–Trinajstić information content (AvgIpc) is 2.45. The Bertz CT molecular complexity index is 733. The lowest BCUT2D eigenvalue weighted by molar-refractivity contribution is 0.0914. The second kappa shape index (κ2) is 6.60. The first-order valence-corrected chi connectivity index (χ1v) is 7.42. The van der Waals surface area contributed by atoms with Crippen molar-refractivity contribution in [2.24, 2.45) is 0 Å². The molecule has 2 rings (SSSR count). The van der Waals surface area contributed by atoms with Crippen LogP contribution in [0.15, 0.2) is 42.5 Å². The zero-order chi connectivity index (χ0) is 17.0. The van der Waals surface area contributed by atoms with Crippen LogP contribution in [0.1, 0.15) is 47.3 Å². The largest absolute Gasteiger partial charge is 0.346 e. The molecular weight excluding hydrogens is 290 g/mol. The molecule has 23 heavy (non-hydrogen) atoms. The molecule has 2 aromatic rings. The number of aryl methyl sites for hydroxylation is 1. The van der Waals surface area contributed by atoms with E-state index in [4.69, 9.17) is 0 Å². The third-order valence-corrected chi connectivity index (χ3v) is 2.98. The van der Waals surface area contributed by atoms with Crippen LogP contribution in [-0.4, -0.2) is 22.3 Å². The number of aromatic nitrogens is 1. The van der Waals surface area contributed by atoms with Gasteiger partial charge in [0.1, 0.15) is 11.4 Å². The molecule has 5 nitrogen and oxygen atoms in total. The van der Waals surface area contributed by atoms with E-state index in [0.29, 0.717) is 5.69 Å².